The van der Waals surface area contributed by atoms with Crippen molar-refractivity contribution in [1.29, 1.82) is 0 Å². The standard InChI is InChI=1S/C9H9ClN2O4/c10-7-3-5(1-2-11-7)8(14)12-6(4-13)9(15)16/h1-3,6,13H,4H2,(H,12,14)(H,15,16)/t6-/m1/s1. The Labute approximate surface area is 95.9 Å². The predicted octanol–water partition coefficient (Wildman–Crippen LogP) is -0.0897. The zero-order valence-corrected chi connectivity index (χ0v) is 8.81. The number of nitrogens with one attached hydrogen (secondary N) is 1. The summed E-state index contributed by atoms with van der Waals surface area (Å²) in [6.07, 6.45) is 1.33. The lowest BCUT2D eigenvalue weighted by Gasteiger charge is -2.11. The van der Waals surface area contributed by atoms with Crippen LogP contribution in [0.4, 0.5) is 0 Å². The highest BCUT2D eigenvalue weighted by Gasteiger charge is 2.19. The van der Waals surface area contributed by atoms with Gasteiger partial charge in [0.05, 0.1) is 6.61 Å². The van der Waals surface area contributed by atoms with E-state index in [0.29, 0.717) is 0 Å². The van der Waals surface area contributed by atoms with E-state index in [4.69, 9.17) is 21.8 Å². The number of pyridine rings is 1. The van der Waals surface area contributed by atoms with Gasteiger partial charge in [-0.15, -0.1) is 0 Å². The Hall–Kier alpha value is -1.66. The van der Waals surface area contributed by atoms with E-state index >= 15 is 0 Å². The van der Waals surface area contributed by atoms with E-state index in [9.17, 15) is 9.59 Å². The molecule has 0 aliphatic heterocycles. The van der Waals surface area contributed by atoms with Crippen LogP contribution in [0, 0.1) is 0 Å². The third-order valence-electron chi connectivity index (χ3n) is 1.77. The Morgan fingerprint density at radius 2 is 2.25 bits per heavy atom. The van der Waals surface area contributed by atoms with Crippen LogP contribution >= 0.6 is 11.6 Å². The van der Waals surface area contributed by atoms with Crippen molar-refractivity contribution in [3.05, 3.63) is 29.0 Å². The van der Waals surface area contributed by atoms with Gasteiger partial charge in [-0.25, -0.2) is 9.78 Å². The summed E-state index contributed by atoms with van der Waals surface area (Å²) in [5.41, 5.74) is 0.180. The molecule has 0 fully saturated rings. The fourth-order valence-corrected chi connectivity index (χ4v) is 1.14. The van der Waals surface area contributed by atoms with Crippen LogP contribution in [0.1, 0.15) is 10.4 Å². The summed E-state index contributed by atoms with van der Waals surface area (Å²) in [4.78, 5) is 25.7. The van der Waals surface area contributed by atoms with Crippen LogP contribution in [0.5, 0.6) is 0 Å². The monoisotopic (exact) mass is 244 g/mol. The van der Waals surface area contributed by atoms with E-state index in [1.54, 1.807) is 0 Å². The van der Waals surface area contributed by atoms with Crippen LogP contribution in [-0.2, 0) is 4.79 Å². The zero-order chi connectivity index (χ0) is 12.1. The molecule has 0 spiro atoms. The maximum absolute atomic E-state index is 11.5. The lowest BCUT2D eigenvalue weighted by atomic mass is 10.2. The molecule has 0 aliphatic carbocycles. The first kappa shape index (κ1) is 12.4. The molecule has 1 amide bonds. The van der Waals surface area contributed by atoms with Gasteiger partial charge in [-0.05, 0) is 12.1 Å². The van der Waals surface area contributed by atoms with Gasteiger partial charge in [0.25, 0.3) is 5.91 Å². The zero-order valence-electron chi connectivity index (χ0n) is 8.05. The number of aliphatic hydroxyl groups is 1. The van der Waals surface area contributed by atoms with Crippen molar-refractivity contribution in [1.82, 2.24) is 10.3 Å². The molecule has 1 aromatic rings. The van der Waals surface area contributed by atoms with Crippen molar-refractivity contribution < 1.29 is 19.8 Å². The van der Waals surface area contributed by atoms with E-state index in [1.165, 1.54) is 18.3 Å². The maximum atomic E-state index is 11.5. The summed E-state index contributed by atoms with van der Waals surface area (Å²) in [5, 5.41) is 19.6. The SMILES string of the molecule is O=C(N[C@H](CO)C(=O)O)c1ccnc(Cl)c1. The van der Waals surface area contributed by atoms with E-state index < -0.39 is 24.5 Å². The molecule has 0 aromatic carbocycles. The number of carboxylic acids is 1. The van der Waals surface area contributed by atoms with E-state index in [-0.39, 0.29) is 10.7 Å². The number of carbonyl (C=O) groups excluding carboxylic acids is 1. The summed E-state index contributed by atoms with van der Waals surface area (Å²) >= 11 is 5.57. The van der Waals surface area contributed by atoms with Crippen molar-refractivity contribution >= 4 is 23.5 Å². The molecule has 0 saturated carbocycles. The summed E-state index contributed by atoms with van der Waals surface area (Å²) in [6, 6.07) is 1.35. The molecule has 1 rings (SSSR count). The Bertz CT molecular complexity index is 410. The average Bonchev–Trinajstić information content (AvgIpc) is 2.25. The fourth-order valence-electron chi connectivity index (χ4n) is 0.971. The van der Waals surface area contributed by atoms with Gasteiger partial charge in [0.2, 0.25) is 0 Å². The highest BCUT2D eigenvalue weighted by molar-refractivity contribution is 6.29. The van der Waals surface area contributed by atoms with E-state index in [1.807, 2.05) is 0 Å². The second-order valence-corrected chi connectivity index (χ2v) is 3.30. The molecular weight excluding hydrogens is 236 g/mol. The summed E-state index contributed by atoms with van der Waals surface area (Å²) in [5.74, 6) is -1.94. The number of aliphatic carboxylic acids is 1. The molecule has 3 N–H and O–H groups in total. The molecule has 0 saturated heterocycles. The van der Waals surface area contributed by atoms with Gasteiger partial charge < -0.3 is 15.5 Å². The topological polar surface area (TPSA) is 99.5 Å². The van der Waals surface area contributed by atoms with Crippen LogP contribution in [0.3, 0.4) is 0 Å². The Balaban J connectivity index is 2.75. The van der Waals surface area contributed by atoms with E-state index in [2.05, 4.69) is 10.3 Å². The first-order valence-corrected chi connectivity index (χ1v) is 4.68. The quantitative estimate of drug-likeness (QED) is 0.643. The van der Waals surface area contributed by atoms with Gasteiger partial charge in [0.15, 0.2) is 6.04 Å². The highest BCUT2D eigenvalue weighted by atomic mass is 35.5. The highest BCUT2D eigenvalue weighted by Crippen LogP contribution is 2.06. The summed E-state index contributed by atoms with van der Waals surface area (Å²) < 4.78 is 0. The molecule has 16 heavy (non-hydrogen) atoms. The average molecular weight is 245 g/mol. The van der Waals surface area contributed by atoms with Crippen molar-refractivity contribution in [2.24, 2.45) is 0 Å². The number of carbonyl (C=O) groups is 2. The van der Waals surface area contributed by atoms with Gasteiger partial charge in [-0.3, -0.25) is 4.79 Å². The minimum absolute atomic E-state index is 0.128. The number of carboxylic acid groups (broad SMARTS) is 1. The number of aromatic nitrogens is 1. The Morgan fingerprint density at radius 3 is 2.75 bits per heavy atom. The van der Waals surface area contributed by atoms with Gasteiger partial charge in [0, 0.05) is 11.8 Å². The van der Waals surface area contributed by atoms with E-state index in [0.717, 1.165) is 0 Å². The van der Waals surface area contributed by atoms with Crippen LogP contribution in [0.2, 0.25) is 5.15 Å². The van der Waals surface area contributed by atoms with Gasteiger partial charge >= 0.3 is 5.97 Å². The number of aliphatic hydroxyl groups excluding tert-OH is 1. The molecule has 6 nitrogen and oxygen atoms in total. The third-order valence-corrected chi connectivity index (χ3v) is 1.98. The number of hydrogen-bond acceptors (Lipinski definition) is 4. The fraction of sp³-hybridized carbons (Fsp3) is 0.222. The maximum Gasteiger partial charge on any atom is 0.328 e. The van der Waals surface area contributed by atoms with Crippen LogP contribution in [-0.4, -0.2) is 39.7 Å². The molecule has 1 aromatic heterocycles. The molecule has 0 radical (unpaired) electrons. The molecule has 86 valence electrons. The largest absolute Gasteiger partial charge is 0.480 e. The van der Waals surface area contributed by atoms with Crippen molar-refractivity contribution in [3.63, 3.8) is 0 Å². The minimum Gasteiger partial charge on any atom is -0.480 e. The second-order valence-electron chi connectivity index (χ2n) is 2.91. The van der Waals surface area contributed by atoms with Gasteiger partial charge in [0.1, 0.15) is 5.15 Å². The molecule has 0 bridgehead atoms. The number of halogens is 1. The van der Waals surface area contributed by atoms with Crippen molar-refractivity contribution in [2.75, 3.05) is 6.61 Å². The second kappa shape index (κ2) is 5.43. The first-order chi connectivity index (χ1) is 7.54. The molecular formula is C9H9ClN2O4. The molecule has 0 aliphatic rings. The third kappa shape index (κ3) is 3.18. The van der Waals surface area contributed by atoms with Crippen molar-refractivity contribution in [3.8, 4) is 0 Å². The summed E-state index contributed by atoms with van der Waals surface area (Å²) in [7, 11) is 0. The number of hydrogen-bond donors (Lipinski definition) is 3. The molecule has 1 heterocycles. The van der Waals surface area contributed by atoms with Gasteiger partial charge in [-0.2, -0.15) is 0 Å². The van der Waals surface area contributed by atoms with Crippen LogP contribution in [0.25, 0.3) is 0 Å². The lowest BCUT2D eigenvalue weighted by Crippen LogP contribution is -2.43. The normalized spacial score (nSPS) is 11.9. The summed E-state index contributed by atoms with van der Waals surface area (Å²) in [6.45, 7) is -0.681. The van der Waals surface area contributed by atoms with Crippen molar-refractivity contribution in [2.45, 2.75) is 6.04 Å². The minimum atomic E-state index is -1.33. The molecule has 7 heteroatoms. The smallest absolute Gasteiger partial charge is 0.328 e. The number of rotatable bonds is 4. The van der Waals surface area contributed by atoms with Crippen LogP contribution in [0.15, 0.2) is 18.3 Å². The van der Waals surface area contributed by atoms with Crippen LogP contribution < -0.4 is 5.32 Å². The Morgan fingerprint density at radius 1 is 1.56 bits per heavy atom. The van der Waals surface area contributed by atoms with Gasteiger partial charge in [-0.1, -0.05) is 11.6 Å². The first-order valence-electron chi connectivity index (χ1n) is 4.30. The number of amides is 1. The Kier molecular flexibility index (Phi) is 4.21. The number of nitrogens with zero attached hydrogens (tertiary/aromatic N) is 1. The molecule has 1 atom stereocenters. The molecule has 0 unspecified atom stereocenters. The lowest BCUT2D eigenvalue weighted by molar-refractivity contribution is -0.140. The predicted molar refractivity (Wildman–Crippen MR) is 55.2 cm³/mol.